The van der Waals surface area contributed by atoms with Gasteiger partial charge in [-0.3, -0.25) is 4.98 Å². The van der Waals surface area contributed by atoms with Gasteiger partial charge in [-0.25, -0.2) is 4.39 Å². The molecular weight excluding hydrogens is 389 g/mol. The smallest absolute Gasteiger partial charge is 0.174 e. The lowest BCUT2D eigenvalue weighted by Crippen LogP contribution is -2.29. The zero-order valence-electron chi connectivity index (χ0n) is 13.8. The van der Waals surface area contributed by atoms with E-state index in [1.54, 1.807) is 19.2 Å². The third-order valence-corrected chi connectivity index (χ3v) is 6.02. The summed E-state index contributed by atoms with van der Waals surface area (Å²) >= 11 is 13.3. The Kier molecular flexibility index (Phi) is 4.65. The molecule has 132 valence electrons. The van der Waals surface area contributed by atoms with Crippen LogP contribution in [0.3, 0.4) is 0 Å². The van der Waals surface area contributed by atoms with Crippen molar-refractivity contribution in [1.82, 2.24) is 10.3 Å². The molecule has 26 heavy (non-hydrogen) atoms. The van der Waals surface area contributed by atoms with Gasteiger partial charge in [0.25, 0.3) is 0 Å². The Hall–Kier alpha value is -2.02. The molecule has 1 aromatic carbocycles. The second-order valence-electron chi connectivity index (χ2n) is 6.07. The third kappa shape index (κ3) is 3.09. The van der Waals surface area contributed by atoms with Gasteiger partial charge in [-0.2, -0.15) is 0 Å². The van der Waals surface area contributed by atoms with Gasteiger partial charge in [0.05, 0.1) is 22.1 Å². The number of benzene rings is 1. The number of hydrogen-bond donors (Lipinski definition) is 1. The summed E-state index contributed by atoms with van der Waals surface area (Å²) in [6, 6.07) is 14.5. The van der Waals surface area contributed by atoms with Crippen molar-refractivity contribution in [2.24, 2.45) is 0 Å². The molecule has 7 heteroatoms. The van der Waals surface area contributed by atoms with E-state index in [2.05, 4.69) is 10.3 Å². The second kappa shape index (κ2) is 6.95. The number of nitrogens with one attached hydrogen (secondary N) is 1. The molecule has 4 rings (SSSR count). The summed E-state index contributed by atoms with van der Waals surface area (Å²) in [6.07, 6.45) is 1.77. The van der Waals surface area contributed by atoms with E-state index in [1.807, 2.05) is 41.3 Å². The number of aryl methyl sites for hydroxylation is 1. The number of hydrogen-bond acceptors (Lipinski definition) is 3. The molecule has 0 bridgehead atoms. The number of nitrogens with zero attached hydrogens (tertiary/aromatic N) is 2. The van der Waals surface area contributed by atoms with Crippen LogP contribution in [0.1, 0.15) is 28.2 Å². The average molecular weight is 404 g/mol. The molecule has 1 saturated heterocycles. The van der Waals surface area contributed by atoms with Crippen LogP contribution in [0.25, 0.3) is 0 Å². The molecule has 2 aromatic heterocycles. The Balaban J connectivity index is 1.83. The van der Waals surface area contributed by atoms with E-state index in [-0.39, 0.29) is 17.9 Å². The number of rotatable bonds is 3. The highest BCUT2D eigenvalue weighted by atomic mass is 35.5. The van der Waals surface area contributed by atoms with Crippen LogP contribution in [0.15, 0.2) is 54.7 Å². The Labute approximate surface area is 165 Å². The lowest BCUT2D eigenvalue weighted by Gasteiger charge is -2.27. The van der Waals surface area contributed by atoms with Gasteiger partial charge in [0.1, 0.15) is 5.82 Å². The highest BCUT2D eigenvalue weighted by molar-refractivity contribution is 7.80. The molecule has 1 aliphatic heterocycles. The molecular formula is C19H15ClFN3S2. The van der Waals surface area contributed by atoms with Crippen molar-refractivity contribution >= 4 is 46.0 Å². The molecule has 3 heterocycles. The van der Waals surface area contributed by atoms with Gasteiger partial charge in [-0.1, -0.05) is 17.7 Å². The summed E-state index contributed by atoms with van der Waals surface area (Å²) in [6.45, 7) is 1.75. The minimum Gasteiger partial charge on any atom is -0.351 e. The quantitative estimate of drug-likeness (QED) is 0.591. The van der Waals surface area contributed by atoms with Crippen molar-refractivity contribution in [2.45, 2.75) is 19.0 Å². The van der Waals surface area contributed by atoms with E-state index in [1.165, 1.54) is 17.4 Å². The molecule has 1 aliphatic rings. The van der Waals surface area contributed by atoms with Gasteiger partial charge in [0, 0.05) is 16.8 Å². The fourth-order valence-electron chi connectivity index (χ4n) is 3.19. The van der Waals surface area contributed by atoms with Crippen LogP contribution in [-0.2, 0) is 0 Å². The van der Waals surface area contributed by atoms with Crippen LogP contribution < -0.4 is 10.2 Å². The van der Waals surface area contributed by atoms with Gasteiger partial charge >= 0.3 is 0 Å². The number of thiocarbonyl (C=S) groups is 1. The molecule has 0 radical (unpaired) electrons. The molecule has 0 unspecified atom stereocenters. The molecule has 2 atom stereocenters. The first-order valence-electron chi connectivity index (χ1n) is 8.06. The number of halogens is 2. The van der Waals surface area contributed by atoms with Gasteiger partial charge in [-0.15, -0.1) is 11.3 Å². The van der Waals surface area contributed by atoms with Crippen LogP contribution >= 0.6 is 35.2 Å². The van der Waals surface area contributed by atoms with Crippen molar-refractivity contribution in [3.05, 3.63) is 81.0 Å². The first-order valence-corrected chi connectivity index (χ1v) is 9.67. The normalized spacial score (nSPS) is 19.7. The molecule has 0 aliphatic carbocycles. The van der Waals surface area contributed by atoms with Gasteiger partial charge in [0.15, 0.2) is 5.11 Å². The van der Waals surface area contributed by atoms with Crippen LogP contribution in [0, 0.1) is 12.7 Å². The first kappa shape index (κ1) is 17.4. The maximum atomic E-state index is 13.8. The number of anilines is 1. The zero-order valence-corrected chi connectivity index (χ0v) is 16.2. The van der Waals surface area contributed by atoms with E-state index >= 15 is 0 Å². The predicted molar refractivity (Wildman–Crippen MR) is 108 cm³/mol. The van der Waals surface area contributed by atoms with Crippen molar-refractivity contribution in [3.63, 3.8) is 0 Å². The van der Waals surface area contributed by atoms with E-state index < -0.39 is 0 Å². The number of pyridine rings is 1. The first-order chi connectivity index (χ1) is 12.5. The van der Waals surface area contributed by atoms with Gasteiger partial charge in [-0.05, 0) is 67.2 Å². The maximum absolute atomic E-state index is 13.8. The van der Waals surface area contributed by atoms with E-state index in [4.69, 9.17) is 23.8 Å². The Morgan fingerprint density at radius 2 is 2.08 bits per heavy atom. The van der Waals surface area contributed by atoms with Crippen molar-refractivity contribution in [2.75, 3.05) is 4.90 Å². The monoisotopic (exact) mass is 403 g/mol. The number of thiophene rings is 1. The highest BCUT2D eigenvalue weighted by Crippen LogP contribution is 2.44. The lowest BCUT2D eigenvalue weighted by molar-refractivity contribution is 0.574. The van der Waals surface area contributed by atoms with Crippen molar-refractivity contribution < 1.29 is 4.39 Å². The predicted octanol–water partition coefficient (Wildman–Crippen LogP) is 5.42. The molecule has 1 fully saturated rings. The Morgan fingerprint density at radius 1 is 1.23 bits per heavy atom. The fourth-order valence-corrected chi connectivity index (χ4v) is 4.72. The van der Waals surface area contributed by atoms with Crippen LogP contribution in [0.5, 0.6) is 0 Å². The van der Waals surface area contributed by atoms with Crippen molar-refractivity contribution in [1.29, 1.82) is 0 Å². The largest absolute Gasteiger partial charge is 0.351 e. The SMILES string of the molecule is Cc1cc(N2C(=S)N[C@H](c3ccccn3)[C@@H]2c2ccc(Cl)s2)ccc1F. The maximum Gasteiger partial charge on any atom is 0.174 e. The summed E-state index contributed by atoms with van der Waals surface area (Å²) < 4.78 is 14.5. The summed E-state index contributed by atoms with van der Waals surface area (Å²) in [4.78, 5) is 7.59. The Bertz CT molecular complexity index is 960. The lowest BCUT2D eigenvalue weighted by atomic mass is 10.0. The topological polar surface area (TPSA) is 28.2 Å². The van der Waals surface area contributed by atoms with Crippen molar-refractivity contribution in [3.8, 4) is 0 Å². The van der Waals surface area contributed by atoms with E-state index in [0.717, 1.165) is 16.3 Å². The van der Waals surface area contributed by atoms with Crippen LogP contribution in [0.4, 0.5) is 10.1 Å². The fraction of sp³-hybridized carbons (Fsp3) is 0.158. The zero-order chi connectivity index (χ0) is 18.3. The molecule has 0 spiro atoms. The third-order valence-electron chi connectivity index (χ3n) is 4.40. The molecule has 3 nitrogen and oxygen atoms in total. The van der Waals surface area contributed by atoms with Crippen LogP contribution in [0.2, 0.25) is 4.34 Å². The average Bonchev–Trinajstić information content (AvgIpc) is 3.21. The standard InChI is InChI=1S/C19H15ClFN3S2/c1-11-10-12(5-6-13(11)21)24-18(15-7-8-16(20)26-15)17(23-19(24)25)14-4-2-3-9-22-14/h2-10,17-18H,1H3,(H,23,25)/t17-,18+/m1/s1. The van der Waals surface area contributed by atoms with Gasteiger partial charge in [0.2, 0.25) is 0 Å². The van der Waals surface area contributed by atoms with E-state index in [0.29, 0.717) is 15.0 Å². The minimum atomic E-state index is -0.233. The minimum absolute atomic E-state index is 0.111. The molecule has 0 amide bonds. The molecule has 3 aromatic rings. The number of aromatic nitrogens is 1. The summed E-state index contributed by atoms with van der Waals surface area (Å²) in [5, 5.41) is 3.96. The highest BCUT2D eigenvalue weighted by Gasteiger charge is 2.41. The molecule has 0 saturated carbocycles. The second-order valence-corrected chi connectivity index (χ2v) is 8.21. The summed E-state index contributed by atoms with van der Waals surface area (Å²) in [5.74, 6) is -0.233. The van der Waals surface area contributed by atoms with E-state index in [9.17, 15) is 4.39 Å². The van der Waals surface area contributed by atoms with Crippen LogP contribution in [-0.4, -0.2) is 10.1 Å². The summed E-state index contributed by atoms with van der Waals surface area (Å²) in [7, 11) is 0. The molecule has 1 N–H and O–H groups in total. The Morgan fingerprint density at radius 3 is 2.73 bits per heavy atom. The summed E-state index contributed by atoms with van der Waals surface area (Å²) in [5.41, 5.74) is 2.31. The van der Waals surface area contributed by atoms with Gasteiger partial charge < -0.3 is 10.2 Å².